The van der Waals surface area contributed by atoms with E-state index in [0.717, 1.165) is 17.1 Å². The summed E-state index contributed by atoms with van der Waals surface area (Å²) < 4.78 is 0. The summed E-state index contributed by atoms with van der Waals surface area (Å²) in [5.74, 6) is -0.825. The number of carboxylic acids is 1. The smallest absolute Gasteiger partial charge is 0.315 e. The molecule has 0 saturated heterocycles. The SMILES string of the molecule is Cc1nc(CNC(=O)NCC2(C(=O)O)CCC2)cs1. The van der Waals surface area contributed by atoms with Gasteiger partial charge in [-0.1, -0.05) is 6.42 Å². The molecule has 0 bridgehead atoms. The molecule has 1 aromatic heterocycles. The van der Waals surface area contributed by atoms with Crippen molar-refractivity contribution in [3.05, 3.63) is 16.1 Å². The van der Waals surface area contributed by atoms with E-state index in [4.69, 9.17) is 5.11 Å². The van der Waals surface area contributed by atoms with E-state index in [-0.39, 0.29) is 12.6 Å². The predicted octanol–water partition coefficient (Wildman–Crippen LogP) is 1.51. The van der Waals surface area contributed by atoms with Crippen molar-refractivity contribution >= 4 is 23.3 Å². The highest BCUT2D eigenvalue weighted by molar-refractivity contribution is 7.09. The maximum absolute atomic E-state index is 11.6. The van der Waals surface area contributed by atoms with Gasteiger partial charge < -0.3 is 15.7 Å². The number of rotatable bonds is 5. The fourth-order valence-electron chi connectivity index (χ4n) is 2.04. The maximum Gasteiger partial charge on any atom is 0.315 e. The number of aromatic nitrogens is 1. The van der Waals surface area contributed by atoms with Crippen molar-refractivity contribution in [3.8, 4) is 0 Å². The second-order valence-corrected chi connectivity index (χ2v) is 5.90. The van der Waals surface area contributed by atoms with Crippen molar-refractivity contribution in [1.29, 1.82) is 0 Å². The van der Waals surface area contributed by atoms with Gasteiger partial charge >= 0.3 is 12.0 Å². The van der Waals surface area contributed by atoms with Crippen LogP contribution in [0.5, 0.6) is 0 Å². The number of nitrogens with zero attached hydrogens (tertiary/aromatic N) is 1. The van der Waals surface area contributed by atoms with Crippen LogP contribution in [0.4, 0.5) is 4.79 Å². The van der Waals surface area contributed by atoms with E-state index in [1.165, 1.54) is 11.3 Å². The molecule has 1 saturated carbocycles. The minimum Gasteiger partial charge on any atom is -0.481 e. The van der Waals surface area contributed by atoms with Gasteiger partial charge in [-0.2, -0.15) is 0 Å². The molecule has 2 amide bonds. The van der Waals surface area contributed by atoms with Gasteiger partial charge in [0.2, 0.25) is 0 Å². The average molecular weight is 283 g/mol. The summed E-state index contributed by atoms with van der Waals surface area (Å²) in [4.78, 5) is 26.9. The van der Waals surface area contributed by atoms with Crippen LogP contribution in [-0.2, 0) is 11.3 Å². The highest BCUT2D eigenvalue weighted by Crippen LogP contribution is 2.40. The van der Waals surface area contributed by atoms with Gasteiger partial charge in [0.05, 0.1) is 22.7 Å². The Hall–Kier alpha value is -1.63. The van der Waals surface area contributed by atoms with Crippen molar-refractivity contribution in [1.82, 2.24) is 15.6 Å². The first-order valence-electron chi connectivity index (χ1n) is 6.18. The first kappa shape index (κ1) is 13.8. The Morgan fingerprint density at radius 1 is 1.47 bits per heavy atom. The average Bonchev–Trinajstić information content (AvgIpc) is 2.70. The fraction of sp³-hybridized carbons (Fsp3) is 0.583. The number of thiazole rings is 1. The van der Waals surface area contributed by atoms with Gasteiger partial charge in [0.1, 0.15) is 0 Å². The number of amides is 2. The molecule has 0 aliphatic heterocycles. The topological polar surface area (TPSA) is 91.3 Å². The van der Waals surface area contributed by atoms with Gasteiger partial charge in [-0.3, -0.25) is 4.79 Å². The zero-order valence-electron chi connectivity index (χ0n) is 10.7. The highest BCUT2D eigenvalue weighted by Gasteiger charge is 2.44. The molecule has 19 heavy (non-hydrogen) atoms. The first-order valence-corrected chi connectivity index (χ1v) is 7.06. The lowest BCUT2D eigenvalue weighted by Crippen LogP contribution is -2.49. The lowest BCUT2D eigenvalue weighted by molar-refractivity contribution is -0.153. The molecule has 0 radical (unpaired) electrons. The molecule has 104 valence electrons. The van der Waals surface area contributed by atoms with Gasteiger partial charge in [0.25, 0.3) is 0 Å². The minimum absolute atomic E-state index is 0.185. The van der Waals surface area contributed by atoms with E-state index < -0.39 is 11.4 Å². The Balaban J connectivity index is 1.74. The first-order chi connectivity index (χ1) is 9.02. The fourth-order valence-corrected chi connectivity index (χ4v) is 2.65. The van der Waals surface area contributed by atoms with Crippen molar-refractivity contribution in [2.45, 2.75) is 32.7 Å². The summed E-state index contributed by atoms with van der Waals surface area (Å²) in [6.45, 7) is 2.45. The van der Waals surface area contributed by atoms with Crippen LogP contribution in [0.1, 0.15) is 30.0 Å². The Kier molecular flexibility index (Phi) is 4.04. The third kappa shape index (κ3) is 3.23. The summed E-state index contributed by atoms with van der Waals surface area (Å²) in [6, 6.07) is -0.349. The number of hydrogen-bond acceptors (Lipinski definition) is 4. The zero-order chi connectivity index (χ0) is 13.9. The van der Waals surface area contributed by atoms with Crippen LogP contribution in [0.15, 0.2) is 5.38 Å². The Morgan fingerprint density at radius 2 is 2.21 bits per heavy atom. The van der Waals surface area contributed by atoms with Crippen LogP contribution in [0.2, 0.25) is 0 Å². The van der Waals surface area contributed by atoms with E-state index in [1.54, 1.807) is 0 Å². The number of aryl methyl sites for hydroxylation is 1. The van der Waals surface area contributed by atoms with Crippen molar-refractivity contribution < 1.29 is 14.7 Å². The van der Waals surface area contributed by atoms with Crippen LogP contribution < -0.4 is 10.6 Å². The number of carboxylic acid groups (broad SMARTS) is 1. The molecule has 3 N–H and O–H groups in total. The van der Waals surface area contributed by atoms with Gasteiger partial charge in [-0.25, -0.2) is 9.78 Å². The predicted molar refractivity (Wildman–Crippen MR) is 71.0 cm³/mol. The molecular weight excluding hydrogens is 266 g/mol. The van der Waals surface area contributed by atoms with E-state index >= 15 is 0 Å². The molecule has 0 aromatic carbocycles. The second-order valence-electron chi connectivity index (χ2n) is 4.83. The molecule has 2 rings (SSSR count). The van der Waals surface area contributed by atoms with Crippen molar-refractivity contribution in [3.63, 3.8) is 0 Å². The molecule has 6 nitrogen and oxygen atoms in total. The van der Waals surface area contributed by atoms with E-state index in [2.05, 4.69) is 15.6 Å². The highest BCUT2D eigenvalue weighted by atomic mass is 32.1. The number of hydrogen-bond donors (Lipinski definition) is 3. The Labute approximate surface area is 115 Å². The van der Waals surface area contributed by atoms with Crippen molar-refractivity contribution in [2.24, 2.45) is 5.41 Å². The number of carbonyl (C=O) groups excluding carboxylic acids is 1. The normalized spacial score (nSPS) is 16.5. The molecule has 1 fully saturated rings. The largest absolute Gasteiger partial charge is 0.481 e. The molecule has 0 spiro atoms. The van der Waals surface area contributed by atoms with Crippen LogP contribution in [0.25, 0.3) is 0 Å². The van der Waals surface area contributed by atoms with Crippen LogP contribution in [0, 0.1) is 12.3 Å². The summed E-state index contributed by atoms with van der Waals surface area (Å²) in [5, 5.41) is 17.3. The van der Waals surface area contributed by atoms with Gasteiger partial charge in [-0.15, -0.1) is 11.3 Å². The molecule has 1 aromatic rings. The molecular formula is C12H17N3O3S. The second kappa shape index (κ2) is 5.56. The van der Waals surface area contributed by atoms with E-state index in [9.17, 15) is 9.59 Å². The van der Waals surface area contributed by atoms with Crippen molar-refractivity contribution in [2.75, 3.05) is 6.54 Å². The van der Waals surface area contributed by atoms with Gasteiger partial charge in [0, 0.05) is 11.9 Å². The van der Waals surface area contributed by atoms with E-state index in [0.29, 0.717) is 19.4 Å². The van der Waals surface area contributed by atoms with Crippen LogP contribution >= 0.6 is 11.3 Å². The van der Waals surface area contributed by atoms with Crippen LogP contribution in [-0.4, -0.2) is 28.6 Å². The van der Waals surface area contributed by atoms with Gasteiger partial charge in [-0.05, 0) is 19.8 Å². The third-order valence-corrected chi connectivity index (χ3v) is 4.27. The summed E-state index contributed by atoms with van der Waals surface area (Å²) in [7, 11) is 0. The maximum atomic E-state index is 11.6. The van der Waals surface area contributed by atoms with Gasteiger partial charge in [0.15, 0.2) is 0 Å². The summed E-state index contributed by atoms with van der Waals surface area (Å²) in [6.07, 6.45) is 2.18. The Bertz CT molecular complexity index is 482. The molecule has 1 heterocycles. The third-order valence-electron chi connectivity index (χ3n) is 3.45. The molecule has 0 atom stereocenters. The quantitative estimate of drug-likeness (QED) is 0.763. The number of aliphatic carboxylic acids is 1. The van der Waals surface area contributed by atoms with E-state index in [1.807, 2.05) is 12.3 Å². The molecule has 1 aliphatic carbocycles. The summed E-state index contributed by atoms with van der Waals surface area (Å²) in [5.41, 5.74) is 0.0587. The number of nitrogens with one attached hydrogen (secondary N) is 2. The standard InChI is InChI=1S/C12H17N3O3S/c1-8-15-9(6-19-8)5-13-11(18)14-7-12(10(16)17)3-2-4-12/h6H,2-5,7H2,1H3,(H,16,17)(H2,13,14,18). The molecule has 7 heteroatoms. The lowest BCUT2D eigenvalue weighted by Gasteiger charge is -2.37. The zero-order valence-corrected chi connectivity index (χ0v) is 11.5. The van der Waals surface area contributed by atoms with Crippen LogP contribution in [0.3, 0.4) is 0 Å². The summed E-state index contributed by atoms with van der Waals surface area (Å²) >= 11 is 1.53. The number of carbonyl (C=O) groups is 2. The monoisotopic (exact) mass is 283 g/mol. The minimum atomic E-state index is -0.825. The number of urea groups is 1. The lowest BCUT2D eigenvalue weighted by atomic mass is 9.69. The Morgan fingerprint density at radius 3 is 2.68 bits per heavy atom. The molecule has 0 unspecified atom stereocenters. The molecule has 1 aliphatic rings.